The van der Waals surface area contributed by atoms with Crippen molar-refractivity contribution < 1.29 is 27.5 Å². The number of anilines is 1. The first-order valence-electron chi connectivity index (χ1n) is 7.35. The first-order chi connectivity index (χ1) is 11.2. The lowest BCUT2D eigenvalue weighted by Gasteiger charge is -2.37. The Morgan fingerprint density at radius 1 is 1.33 bits per heavy atom. The van der Waals surface area contributed by atoms with E-state index in [0.717, 1.165) is 12.1 Å². The van der Waals surface area contributed by atoms with Gasteiger partial charge >= 0.3 is 5.97 Å². The molecular weight excluding hydrogens is 328 g/mol. The lowest BCUT2D eigenvalue weighted by molar-refractivity contribution is -0.0652. The van der Waals surface area contributed by atoms with Crippen LogP contribution in [0.2, 0.25) is 0 Å². The van der Waals surface area contributed by atoms with Crippen LogP contribution in [0.4, 0.5) is 23.4 Å². The number of halogens is 4. The summed E-state index contributed by atoms with van der Waals surface area (Å²) in [6, 6.07) is 2.74. The largest absolute Gasteiger partial charge is 0.478 e. The first-order valence-corrected chi connectivity index (χ1v) is 7.35. The summed E-state index contributed by atoms with van der Waals surface area (Å²) in [5, 5.41) is 9.36. The van der Waals surface area contributed by atoms with Crippen molar-refractivity contribution in [3.63, 3.8) is 0 Å². The van der Waals surface area contributed by atoms with Crippen molar-refractivity contribution in [2.75, 3.05) is 18.0 Å². The van der Waals surface area contributed by atoms with Gasteiger partial charge in [-0.05, 0) is 12.1 Å². The predicted molar refractivity (Wildman–Crippen MR) is 79.6 cm³/mol. The summed E-state index contributed by atoms with van der Waals surface area (Å²) < 4.78 is 54.5. The number of hydrogen-bond donors (Lipinski definition) is 1. The second-order valence-corrected chi connectivity index (χ2v) is 5.98. The summed E-state index contributed by atoms with van der Waals surface area (Å²) in [6.45, 7) is 1.16. The van der Waals surface area contributed by atoms with E-state index < -0.39 is 35.9 Å². The summed E-state index contributed by atoms with van der Waals surface area (Å²) in [4.78, 5) is 16.9. The van der Waals surface area contributed by atoms with Crippen molar-refractivity contribution in [1.29, 1.82) is 0 Å². The van der Waals surface area contributed by atoms with E-state index in [1.165, 1.54) is 11.8 Å². The van der Waals surface area contributed by atoms with Crippen LogP contribution < -0.4 is 4.90 Å². The van der Waals surface area contributed by atoms with Gasteiger partial charge in [0.2, 0.25) is 0 Å². The molecule has 0 spiro atoms. The number of rotatable bonds is 2. The molecule has 128 valence electrons. The number of carboxylic acid groups (broad SMARTS) is 1. The Kier molecular flexibility index (Phi) is 3.85. The lowest BCUT2D eigenvalue weighted by atomic mass is 9.95. The first kappa shape index (κ1) is 16.5. The SMILES string of the molecule is CC1CN(c2nc3c(F)cc(F)cc3cc2C(=O)O)CCC1(F)F. The smallest absolute Gasteiger partial charge is 0.339 e. The minimum atomic E-state index is -2.84. The van der Waals surface area contributed by atoms with E-state index >= 15 is 0 Å². The van der Waals surface area contributed by atoms with Gasteiger partial charge in [0.15, 0.2) is 5.82 Å². The van der Waals surface area contributed by atoms with Gasteiger partial charge < -0.3 is 10.0 Å². The number of aromatic nitrogens is 1. The Labute approximate surface area is 134 Å². The van der Waals surface area contributed by atoms with E-state index in [1.807, 2.05) is 0 Å². The van der Waals surface area contributed by atoms with E-state index in [2.05, 4.69) is 4.98 Å². The molecule has 0 aliphatic carbocycles. The molecule has 1 aliphatic rings. The number of hydrogen-bond acceptors (Lipinski definition) is 3. The number of fused-ring (bicyclic) bond motifs is 1. The van der Waals surface area contributed by atoms with E-state index in [4.69, 9.17) is 0 Å². The molecule has 1 saturated heterocycles. The molecule has 1 atom stereocenters. The van der Waals surface area contributed by atoms with Crippen LogP contribution in [0.3, 0.4) is 0 Å². The van der Waals surface area contributed by atoms with Crippen LogP contribution >= 0.6 is 0 Å². The van der Waals surface area contributed by atoms with Gasteiger partial charge in [-0.15, -0.1) is 0 Å². The Morgan fingerprint density at radius 2 is 2.04 bits per heavy atom. The van der Waals surface area contributed by atoms with Crippen molar-refractivity contribution in [3.8, 4) is 0 Å². The number of alkyl halides is 2. The fourth-order valence-corrected chi connectivity index (χ4v) is 2.88. The van der Waals surface area contributed by atoms with Crippen LogP contribution in [-0.2, 0) is 0 Å². The Hall–Kier alpha value is -2.38. The summed E-state index contributed by atoms with van der Waals surface area (Å²) in [7, 11) is 0. The second-order valence-electron chi connectivity index (χ2n) is 5.98. The fourth-order valence-electron chi connectivity index (χ4n) is 2.88. The summed E-state index contributed by atoms with van der Waals surface area (Å²) in [5.41, 5.74) is -0.466. The Morgan fingerprint density at radius 3 is 2.67 bits per heavy atom. The predicted octanol–water partition coefficient (Wildman–Crippen LogP) is 3.69. The average Bonchev–Trinajstić information content (AvgIpc) is 2.49. The zero-order chi connectivity index (χ0) is 17.6. The Bertz CT molecular complexity index is 825. The Balaban J connectivity index is 2.13. The summed E-state index contributed by atoms with van der Waals surface area (Å²) >= 11 is 0. The van der Waals surface area contributed by atoms with Crippen molar-refractivity contribution in [2.24, 2.45) is 5.92 Å². The standard InChI is InChI=1S/C16H14F4N2O2/c1-8-7-22(3-2-16(8,19)20)14-11(15(23)24)5-9-4-10(17)6-12(18)13(9)21-14/h4-6,8H,2-3,7H2,1H3,(H,23,24). The molecule has 1 aromatic heterocycles. The molecule has 4 nitrogen and oxygen atoms in total. The van der Waals surface area contributed by atoms with Crippen LogP contribution in [0.5, 0.6) is 0 Å². The zero-order valence-corrected chi connectivity index (χ0v) is 12.7. The van der Waals surface area contributed by atoms with E-state index in [1.54, 1.807) is 0 Å². The van der Waals surface area contributed by atoms with Crippen LogP contribution in [0.15, 0.2) is 18.2 Å². The van der Waals surface area contributed by atoms with Gasteiger partial charge in [-0.25, -0.2) is 27.3 Å². The highest BCUT2D eigenvalue weighted by molar-refractivity contribution is 5.98. The topological polar surface area (TPSA) is 53.4 Å². The second kappa shape index (κ2) is 5.61. The monoisotopic (exact) mass is 342 g/mol. The number of carboxylic acids is 1. The van der Waals surface area contributed by atoms with Gasteiger partial charge in [-0.1, -0.05) is 6.92 Å². The lowest BCUT2D eigenvalue weighted by Crippen LogP contribution is -2.46. The maximum atomic E-state index is 13.9. The third-order valence-corrected chi connectivity index (χ3v) is 4.28. The minimum Gasteiger partial charge on any atom is -0.478 e. The van der Waals surface area contributed by atoms with Crippen LogP contribution in [-0.4, -0.2) is 35.1 Å². The highest BCUT2D eigenvalue weighted by Gasteiger charge is 2.42. The maximum Gasteiger partial charge on any atom is 0.339 e. The highest BCUT2D eigenvalue weighted by atomic mass is 19.3. The molecule has 2 heterocycles. The van der Waals surface area contributed by atoms with Gasteiger partial charge in [0.25, 0.3) is 5.92 Å². The molecule has 24 heavy (non-hydrogen) atoms. The van der Waals surface area contributed by atoms with Crippen LogP contribution in [0.25, 0.3) is 10.9 Å². The van der Waals surface area contributed by atoms with Crippen molar-refractivity contribution in [1.82, 2.24) is 4.98 Å². The molecule has 8 heteroatoms. The van der Waals surface area contributed by atoms with E-state index in [0.29, 0.717) is 6.07 Å². The number of carbonyl (C=O) groups is 1. The average molecular weight is 342 g/mol. The van der Waals surface area contributed by atoms with E-state index in [-0.39, 0.29) is 35.4 Å². The van der Waals surface area contributed by atoms with Crippen molar-refractivity contribution in [2.45, 2.75) is 19.3 Å². The molecule has 3 rings (SSSR count). The maximum absolute atomic E-state index is 13.9. The number of piperidine rings is 1. The minimum absolute atomic E-state index is 0.00374. The molecular formula is C16H14F4N2O2. The van der Waals surface area contributed by atoms with Gasteiger partial charge in [-0.2, -0.15) is 0 Å². The molecule has 0 bridgehead atoms. The fraction of sp³-hybridized carbons (Fsp3) is 0.375. The van der Waals surface area contributed by atoms with Crippen molar-refractivity contribution >= 4 is 22.7 Å². The molecule has 1 fully saturated rings. The van der Waals surface area contributed by atoms with Gasteiger partial charge in [-0.3, -0.25) is 0 Å². The normalized spacial score (nSPS) is 20.4. The van der Waals surface area contributed by atoms with Crippen LogP contribution in [0.1, 0.15) is 23.7 Å². The molecule has 1 unspecified atom stereocenters. The number of nitrogens with zero attached hydrogens (tertiary/aromatic N) is 2. The van der Waals surface area contributed by atoms with Gasteiger partial charge in [0.05, 0.1) is 0 Å². The third kappa shape index (κ3) is 2.76. The highest BCUT2D eigenvalue weighted by Crippen LogP contribution is 2.36. The molecule has 0 radical (unpaired) electrons. The van der Waals surface area contributed by atoms with Gasteiger partial charge in [0, 0.05) is 36.9 Å². The molecule has 0 saturated carbocycles. The summed E-state index contributed by atoms with van der Waals surface area (Å²) in [6.07, 6.45) is -0.446. The molecule has 1 N–H and O–H groups in total. The molecule has 1 aliphatic heterocycles. The van der Waals surface area contributed by atoms with E-state index in [9.17, 15) is 27.5 Å². The third-order valence-electron chi connectivity index (χ3n) is 4.28. The molecule has 1 aromatic carbocycles. The van der Waals surface area contributed by atoms with Gasteiger partial charge in [0.1, 0.15) is 22.7 Å². The van der Waals surface area contributed by atoms with Crippen LogP contribution in [0, 0.1) is 17.6 Å². The number of pyridine rings is 1. The summed E-state index contributed by atoms with van der Waals surface area (Å²) in [5.74, 6) is -7.04. The number of benzene rings is 1. The molecule has 0 amide bonds. The number of aromatic carboxylic acids is 1. The quantitative estimate of drug-likeness (QED) is 0.846. The zero-order valence-electron chi connectivity index (χ0n) is 12.7. The molecule has 2 aromatic rings. The van der Waals surface area contributed by atoms with Crippen molar-refractivity contribution in [3.05, 3.63) is 35.4 Å².